The van der Waals surface area contributed by atoms with Crippen LogP contribution >= 0.6 is 27.5 Å². The van der Waals surface area contributed by atoms with Crippen LogP contribution in [0, 0.1) is 11.3 Å². The maximum absolute atomic E-state index is 8.50. The van der Waals surface area contributed by atoms with Gasteiger partial charge < -0.3 is 4.90 Å². The summed E-state index contributed by atoms with van der Waals surface area (Å²) >= 11 is 9.30. The molecule has 0 aliphatic carbocycles. The average molecular weight is 260 g/mol. The van der Waals surface area contributed by atoms with E-state index >= 15 is 0 Å². The molecule has 0 heterocycles. The van der Waals surface area contributed by atoms with E-state index in [2.05, 4.69) is 22.0 Å². The fourth-order valence-corrected chi connectivity index (χ4v) is 1.80. The van der Waals surface area contributed by atoms with E-state index in [0.717, 1.165) is 10.2 Å². The summed E-state index contributed by atoms with van der Waals surface area (Å²) in [6.07, 6.45) is 0. The van der Waals surface area contributed by atoms with Crippen LogP contribution in [0.25, 0.3) is 0 Å². The van der Waals surface area contributed by atoms with Crippen LogP contribution in [0.2, 0.25) is 5.02 Å². The van der Waals surface area contributed by atoms with Crippen molar-refractivity contribution in [2.24, 2.45) is 0 Å². The van der Waals surface area contributed by atoms with E-state index in [1.165, 1.54) is 0 Å². The fraction of sp³-hybridized carbons (Fsp3) is 0.222. The van der Waals surface area contributed by atoms with E-state index in [0.29, 0.717) is 11.6 Å². The second-order valence-corrected chi connectivity index (χ2v) is 3.93. The lowest BCUT2D eigenvalue weighted by atomic mass is 10.3. The van der Waals surface area contributed by atoms with E-state index in [1.54, 1.807) is 4.90 Å². The summed E-state index contributed by atoms with van der Waals surface area (Å²) < 4.78 is 0.937. The zero-order chi connectivity index (χ0) is 9.84. The Hall–Kier alpha value is -0.720. The lowest BCUT2D eigenvalue weighted by Gasteiger charge is -2.16. The molecule has 0 aliphatic heterocycles. The molecule has 0 saturated heterocycles. The Morgan fingerprint density at radius 1 is 1.62 bits per heavy atom. The number of rotatable bonds is 2. The number of hydrogen-bond acceptors (Lipinski definition) is 2. The van der Waals surface area contributed by atoms with Gasteiger partial charge in [0.1, 0.15) is 6.54 Å². The van der Waals surface area contributed by atoms with Crippen molar-refractivity contribution in [3.05, 3.63) is 27.7 Å². The van der Waals surface area contributed by atoms with Gasteiger partial charge in [-0.25, -0.2) is 0 Å². The molecule has 0 atom stereocenters. The molecule has 0 amide bonds. The van der Waals surface area contributed by atoms with Crippen molar-refractivity contribution < 1.29 is 0 Å². The minimum Gasteiger partial charge on any atom is -0.360 e. The molecule has 0 unspecified atom stereocenters. The van der Waals surface area contributed by atoms with E-state index in [9.17, 15) is 0 Å². The van der Waals surface area contributed by atoms with Crippen molar-refractivity contribution in [3.8, 4) is 6.07 Å². The lowest BCUT2D eigenvalue weighted by Crippen LogP contribution is -2.17. The van der Waals surface area contributed by atoms with Gasteiger partial charge in [-0.05, 0) is 18.2 Å². The van der Waals surface area contributed by atoms with Crippen LogP contribution in [-0.2, 0) is 0 Å². The summed E-state index contributed by atoms with van der Waals surface area (Å²) in [6.45, 7) is 0.335. The van der Waals surface area contributed by atoms with E-state index in [4.69, 9.17) is 16.9 Å². The third-order valence-electron chi connectivity index (χ3n) is 1.63. The smallest absolute Gasteiger partial charge is 0.105 e. The van der Waals surface area contributed by atoms with Crippen molar-refractivity contribution in [2.45, 2.75) is 0 Å². The van der Waals surface area contributed by atoms with Crippen molar-refractivity contribution in [1.29, 1.82) is 5.26 Å². The van der Waals surface area contributed by atoms with Crippen molar-refractivity contribution >= 4 is 33.2 Å². The molecule has 0 radical (unpaired) electrons. The zero-order valence-corrected chi connectivity index (χ0v) is 9.43. The molecule has 1 rings (SSSR count). The van der Waals surface area contributed by atoms with Crippen molar-refractivity contribution in [1.82, 2.24) is 0 Å². The summed E-state index contributed by atoms with van der Waals surface area (Å²) in [4.78, 5) is 1.80. The minimum atomic E-state index is 0.335. The van der Waals surface area contributed by atoms with Crippen molar-refractivity contribution in [2.75, 3.05) is 18.5 Å². The van der Waals surface area contributed by atoms with Gasteiger partial charge >= 0.3 is 0 Å². The number of hydrogen-bond donors (Lipinski definition) is 0. The van der Waals surface area contributed by atoms with Gasteiger partial charge in [-0.2, -0.15) is 5.26 Å². The molecule has 0 aromatic heterocycles. The molecule has 1 aromatic carbocycles. The highest BCUT2D eigenvalue weighted by Crippen LogP contribution is 2.27. The number of nitriles is 1. The standard InChI is InChI=1S/C9H8BrClN2/c1-13(5-4-12)9-3-2-7(10)6-8(9)11/h2-3,6H,5H2,1H3. The van der Waals surface area contributed by atoms with Crippen molar-refractivity contribution in [3.63, 3.8) is 0 Å². The second kappa shape index (κ2) is 4.50. The van der Waals surface area contributed by atoms with Gasteiger partial charge in [0, 0.05) is 11.5 Å². The molecule has 2 nitrogen and oxygen atoms in total. The predicted octanol–water partition coefficient (Wildman–Crippen LogP) is 3.06. The summed E-state index contributed by atoms with van der Waals surface area (Å²) in [5.41, 5.74) is 0.867. The molecular weight excluding hydrogens is 251 g/mol. The van der Waals surface area contributed by atoms with Crippen LogP contribution in [0.15, 0.2) is 22.7 Å². The van der Waals surface area contributed by atoms with Crippen LogP contribution in [0.5, 0.6) is 0 Å². The summed E-state index contributed by atoms with van der Waals surface area (Å²) in [7, 11) is 1.83. The maximum atomic E-state index is 8.50. The Labute approximate surface area is 90.8 Å². The first-order chi connectivity index (χ1) is 6.15. The van der Waals surface area contributed by atoms with Crippen LogP contribution in [0.1, 0.15) is 0 Å². The number of anilines is 1. The Balaban J connectivity index is 2.96. The largest absolute Gasteiger partial charge is 0.360 e. The topological polar surface area (TPSA) is 27.0 Å². The predicted molar refractivity (Wildman–Crippen MR) is 58.0 cm³/mol. The Bertz CT molecular complexity index is 346. The first kappa shape index (κ1) is 10.4. The second-order valence-electron chi connectivity index (χ2n) is 2.61. The van der Waals surface area contributed by atoms with Gasteiger partial charge in [-0.15, -0.1) is 0 Å². The highest BCUT2D eigenvalue weighted by molar-refractivity contribution is 9.10. The Morgan fingerprint density at radius 2 is 2.31 bits per heavy atom. The van der Waals surface area contributed by atoms with E-state index in [-0.39, 0.29) is 0 Å². The molecular formula is C9H8BrClN2. The molecule has 0 N–H and O–H groups in total. The first-order valence-electron chi connectivity index (χ1n) is 3.68. The van der Waals surface area contributed by atoms with Gasteiger partial charge in [0.15, 0.2) is 0 Å². The Kier molecular flexibility index (Phi) is 3.58. The quantitative estimate of drug-likeness (QED) is 0.763. The lowest BCUT2D eigenvalue weighted by molar-refractivity contribution is 1.04. The monoisotopic (exact) mass is 258 g/mol. The molecule has 0 saturated carbocycles. The Morgan fingerprint density at radius 3 is 2.85 bits per heavy atom. The highest BCUT2D eigenvalue weighted by atomic mass is 79.9. The van der Waals surface area contributed by atoms with Gasteiger partial charge in [0.25, 0.3) is 0 Å². The SMILES string of the molecule is CN(CC#N)c1ccc(Br)cc1Cl. The third kappa shape index (κ3) is 2.61. The van der Waals surface area contributed by atoms with Gasteiger partial charge in [0.2, 0.25) is 0 Å². The van der Waals surface area contributed by atoms with Crippen LogP contribution < -0.4 is 4.90 Å². The number of benzene rings is 1. The van der Waals surface area contributed by atoms with E-state index < -0.39 is 0 Å². The molecule has 13 heavy (non-hydrogen) atoms. The number of nitrogens with zero attached hydrogens (tertiary/aromatic N) is 2. The maximum Gasteiger partial charge on any atom is 0.105 e. The molecule has 0 fully saturated rings. The summed E-state index contributed by atoms with van der Waals surface area (Å²) in [6, 6.07) is 7.65. The first-order valence-corrected chi connectivity index (χ1v) is 4.85. The van der Waals surface area contributed by atoms with Gasteiger partial charge in [-0.1, -0.05) is 27.5 Å². The fourth-order valence-electron chi connectivity index (χ4n) is 0.982. The van der Waals surface area contributed by atoms with E-state index in [1.807, 2.05) is 25.2 Å². The molecule has 0 aliphatic rings. The summed E-state index contributed by atoms with van der Waals surface area (Å²) in [5.74, 6) is 0. The number of halogens is 2. The molecule has 1 aromatic rings. The summed E-state index contributed by atoms with van der Waals surface area (Å²) in [5, 5.41) is 9.14. The molecule has 68 valence electrons. The molecule has 0 spiro atoms. The zero-order valence-electron chi connectivity index (χ0n) is 7.09. The molecule has 4 heteroatoms. The van der Waals surface area contributed by atoms with Crippen LogP contribution in [-0.4, -0.2) is 13.6 Å². The normalized spacial score (nSPS) is 9.38. The minimum absolute atomic E-state index is 0.335. The molecule has 0 bridgehead atoms. The highest BCUT2D eigenvalue weighted by Gasteiger charge is 2.04. The third-order valence-corrected chi connectivity index (χ3v) is 2.42. The van der Waals surface area contributed by atoms with Gasteiger partial charge in [0.05, 0.1) is 16.8 Å². The van der Waals surface area contributed by atoms with Crippen LogP contribution in [0.4, 0.5) is 5.69 Å². The average Bonchev–Trinajstić information content (AvgIpc) is 2.04. The van der Waals surface area contributed by atoms with Gasteiger partial charge in [-0.3, -0.25) is 0 Å². The van der Waals surface area contributed by atoms with Crippen LogP contribution in [0.3, 0.4) is 0 Å².